The van der Waals surface area contributed by atoms with Crippen LogP contribution in [0.15, 0.2) is 48.3 Å². The Morgan fingerprint density at radius 2 is 0.929 bits per heavy atom. The molecule has 70 valence electrons. The van der Waals surface area contributed by atoms with E-state index in [1.165, 1.54) is 0 Å². The number of rotatable bonds is 1. The number of phenols is 2. The Labute approximate surface area is 93.3 Å². The van der Waals surface area contributed by atoms with Gasteiger partial charge in [0.05, 0.1) is 11.0 Å². The van der Waals surface area contributed by atoms with Crippen molar-refractivity contribution in [3.8, 4) is 22.6 Å². The van der Waals surface area contributed by atoms with Crippen molar-refractivity contribution in [3.63, 3.8) is 0 Å². The summed E-state index contributed by atoms with van der Waals surface area (Å²) in [6, 6.07) is -5.76. The van der Waals surface area contributed by atoms with Crippen LogP contribution in [-0.2, 0) is 0 Å². The smallest absolute Gasteiger partial charge is 0.115 e. The van der Waals surface area contributed by atoms with Crippen molar-refractivity contribution in [3.05, 3.63) is 48.3 Å². The van der Waals surface area contributed by atoms with E-state index in [2.05, 4.69) is 0 Å². The predicted octanol–water partition coefficient (Wildman–Crippen LogP) is 2.76. The summed E-state index contributed by atoms with van der Waals surface area (Å²) in [5, 5.41) is 19.0. The third-order valence-corrected chi connectivity index (χ3v) is 1.47. The molecule has 0 bridgehead atoms. The lowest BCUT2D eigenvalue weighted by molar-refractivity contribution is 0.474. The molecule has 2 heteroatoms. The van der Waals surface area contributed by atoms with E-state index in [1.54, 1.807) is 0 Å². The molecule has 0 saturated heterocycles. The Balaban J connectivity index is 3.03. The van der Waals surface area contributed by atoms with Gasteiger partial charge < -0.3 is 10.2 Å². The minimum Gasteiger partial charge on any atom is -0.508 e. The highest BCUT2D eigenvalue weighted by molar-refractivity contribution is 5.64. The second-order valence-corrected chi connectivity index (χ2v) is 2.45. The molecular formula is C12H10O2. The first-order valence-electron chi connectivity index (χ1n) is 7.70. The zero-order valence-electron chi connectivity index (χ0n) is 14.9. The largest absolute Gasteiger partial charge is 0.508 e. The maximum Gasteiger partial charge on any atom is 0.115 e. The van der Waals surface area contributed by atoms with E-state index in [1.807, 2.05) is 0 Å². The molecule has 2 aromatic carbocycles. The fraction of sp³-hybridized carbons (Fsp3) is 0. The molecule has 0 aliphatic carbocycles. The Bertz CT molecular complexity index is 677. The van der Waals surface area contributed by atoms with E-state index in [4.69, 9.17) is 11.0 Å². The van der Waals surface area contributed by atoms with Crippen LogP contribution in [0.25, 0.3) is 11.1 Å². The van der Waals surface area contributed by atoms with Gasteiger partial charge in [-0.05, 0) is 35.3 Å². The van der Waals surface area contributed by atoms with Gasteiger partial charge in [-0.1, -0.05) is 24.2 Å². The first-order valence-corrected chi connectivity index (χ1v) is 3.70. The quantitative estimate of drug-likeness (QED) is 0.732. The molecule has 0 atom stereocenters. The summed E-state index contributed by atoms with van der Waals surface area (Å²) in [5.74, 6) is -1.74. The number of aromatic hydroxyl groups is 2. The summed E-state index contributed by atoms with van der Waals surface area (Å²) in [6.07, 6.45) is 0. The van der Waals surface area contributed by atoms with Crippen LogP contribution in [0.4, 0.5) is 0 Å². The Morgan fingerprint density at radius 3 is 1.21 bits per heavy atom. The fourth-order valence-electron chi connectivity index (χ4n) is 0.862. The van der Waals surface area contributed by atoms with Crippen LogP contribution in [0, 0.1) is 0 Å². The Kier molecular flexibility index (Phi) is 0.810. The van der Waals surface area contributed by atoms with Crippen LogP contribution in [0.2, 0.25) is 0 Å². The minimum atomic E-state index is -0.868. The van der Waals surface area contributed by atoms with Gasteiger partial charge in [-0.3, -0.25) is 0 Å². The third kappa shape index (κ3) is 1.69. The lowest BCUT2D eigenvalue weighted by atomic mass is 10.1. The van der Waals surface area contributed by atoms with Crippen molar-refractivity contribution in [1.29, 1.82) is 0 Å². The molecule has 0 spiro atoms. The molecular weight excluding hydrogens is 176 g/mol. The summed E-state index contributed by atoms with van der Waals surface area (Å²) in [7, 11) is 0. The van der Waals surface area contributed by atoms with Crippen LogP contribution in [0.1, 0.15) is 11.0 Å². The molecule has 0 aliphatic heterocycles. The van der Waals surface area contributed by atoms with E-state index >= 15 is 0 Å². The average molecular weight is 194 g/mol. The van der Waals surface area contributed by atoms with Crippen molar-refractivity contribution < 1.29 is 21.2 Å². The molecule has 0 unspecified atom stereocenters. The summed E-state index contributed by atoms with van der Waals surface area (Å²) >= 11 is 0. The van der Waals surface area contributed by atoms with Crippen molar-refractivity contribution in [2.75, 3.05) is 0 Å². The summed E-state index contributed by atoms with van der Waals surface area (Å²) < 4.78 is 61.4. The summed E-state index contributed by atoms with van der Waals surface area (Å²) in [4.78, 5) is 0. The maximum atomic E-state index is 9.51. The maximum absolute atomic E-state index is 9.51. The molecule has 0 aromatic heterocycles. The van der Waals surface area contributed by atoms with E-state index in [0.29, 0.717) is 0 Å². The summed E-state index contributed by atoms with van der Waals surface area (Å²) in [6.45, 7) is 0. The number of hydrogen-bond donors (Lipinski definition) is 2. The standard InChI is InChI=1S/C12H10O2/c13-11-5-1-9(2-6-11)10-3-7-12(14)8-4-10/h1-8,13-14H/i1D,2D,3D,4D,5D,6D,7D,8D. The summed E-state index contributed by atoms with van der Waals surface area (Å²) in [5.41, 5.74) is -0.936. The molecule has 2 rings (SSSR count). The highest BCUT2D eigenvalue weighted by Crippen LogP contribution is 2.23. The second-order valence-electron chi connectivity index (χ2n) is 2.45. The van der Waals surface area contributed by atoms with Gasteiger partial charge in [0.25, 0.3) is 0 Å². The first-order chi connectivity index (χ1) is 10.1. The molecule has 0 radical (unpaired) electrons. The van der Waals surface area contributed by atoms with Crippen molar-refractivity contribution in [1.82, 2.24) is 0 Å². The Morgan fingerprint density at radius 1 is 0.643 bits per heavy atom. The van der Waals surface area contributed by atoms with Gasteiger partial charge in [0.15, 0.2) is 0 Å². The molecule has 0 saturated carbocycles. The van der Waals surface area contributed by atoms with Crippen LogP contribution in [0.3, 0.4) is 0 Å². The van der Waals surface area contributed by atoms with Gasteiger partial charge in [-0.2, -0.15) is 0 Å². The molecule has 0 aliphatic rings. The average Bonchev–Trinajstić information content (AvgIpc) is 2.50. The minimum absolute atomic E-state index is 0.468. The molecule has 0 amide bonds. The Hall–Kier alpha value is -1.96. The highest BCUT2D eigenvalue weighted by atomic mass is 16.3. The SMILES string of the molecule is [2H]c1c([2H])c(-c2c([2H])c([2H])c(O)c([2H])c2[2H])c([2H])c([2H])c1O. The molecule has 0 fully saturated rings. The van der Waals surface area contributed by atoms with Gasteiger partial charge in [0.2, 0.25) is 0 Å². The van der Waals surface area contributed by atoms with E-state index in [9.17, 15) is 10.2 Å². The third-order valence-electron chi connectivity index (χ3n) is 1.47. The lowest BCUT2D eigenvalue weighted by Crippen LogP contribution is -1.75. The van der Waals surface area contributed by atoms with E-state index < -0.39 is 71.0 Å². The van der Waals surface area contributed by atoms with E-state index in [-0.39, 0.29) is 0 Å². The molecule has 14 heavy (non-hydrogen) atoms. The molecule has 2 N–H and O–H groups in total. The molecule has 0 heterocycles. The van der Waals surface area contributed by atoms with E-state index in [0.717, 1.165) is 0 Å². The van der Waals surface area contributed by atoms with Gasteiger partial charge in [-0.25, -0.2) is 0 Å². The number of phenolic OH excluding ortho intramolecular Hbond substituents is 2. The fourth-order valence-corrected chi connectivity index (χ4v) is 0.862. The topological polar surface area (TPSA) is 40.5 Å². The molecule has 2 nitrogen and oxygen atoms in total. The number of hydrogen-bond acceptors (Lipinski definition) is 2. The normalized spacial score (nSPS) is 18.0. The number of benzene rings is 2. The van der Waals surface area contributed by atoms with Gasteiger partial charge in [0, 0.05) is 0 Å². The van der Waals surface area contributed by atoms with Crippen molar-refractivity contribution in [2.45, 2.75) is 0 Å². The molecule has 2 aromatic rings. The van der Waals surface area contributed by atoms with Crippen molar-refractivity contribution in [2.24, 2.45) is 0 Å². The van der Waals surface area contributed by atoms with Crippen LogP contribution in [0.5, 0.6) is 11.5 Å². The van der Waals surface area contributed by atoms with Crippen LogP contribution >= 0.6 is 0 Å². The zero-order valence-corrected chi connectivity index (χ0v) is 6.89. The van der Waals surface area contributed by atoms with Crippen LogP contribution in [-0.4, -0.2) is 10.2 Å². The van der Waals surface area contributed by atoms with Crippen molar-refractivity contribution >= 4 is 0 Å². The second kappa shape index (κ2) is 3.42. The van der Waals surface area contributed by atoms with Gasteiger partial charge in [0.1, 0.15) is 11.5 Å². The monoisotopic (exact) mass is 194 g/mol. The zero-order chi connectivity index (χ0) is 16.9. The highest BCUT2D eigenvalue weighted by Gasteiger charge is 1.96. The van der Waals surface area contributed by atoms with Gasteiger partial charge >= 0.3 is 0 Å². The predicted molar refractivity (Wildman–Crippen MR) is 55.2 cm³/mol. The van der Waals surface area contributed by atoms with Crippen LogP contribution < -0.4 is 0 Å². The lowest BCUT2D eigenvalue weighted by Gasteiger charge is -2.01. The first kappa shape index (κ1) is 3.31. The van der Waals surface area contributed by atoms with Gasteiger partial charge in [-0.15, -0.1) is 0 Å².